The highest BCUT2D eigenvalue weighted by atomic mass is 16.5. The van der Waals surface area contributed by atoms with Crippen LogP contribution in [0.1, 0.15) is 79.1 Å². The van der Waals surface area contributed by atoms with Crippen LogP contribution in [0.2, 0.25) is 0 Å². The van der Waals surface area contributed by atoms with Gasteiger partial charge in [0, 0.05) is 18.2 Å². The van der Waals surface area contributed by atoms with Crippen molar-refractivity contribution in [2.24, 2.45) is 0 Å². The van der Waals surface area contributed by atoms with Gasteiger partial charge in [-0.05, 0) is 73.4 Å². The molecule has 5 aromatic rings. The summed E-state index contributed by atoms with van der Waals surface area (Å²) in [6.45, 7) is 10.7. The van der Waals surface area contributed by atoms with E-state index in [9.17, 15) is 10.2 Å². The molecule has 0 aliphatic carbocycles. The number of aromatic hydroxyl groups is 2. The lowest BCUT2D eigenvalue weighted by molar-refractivity contribution is 0.295. The molecule has 2 N–H and O–H groups in total. The van der Waals surface area contributed by atoms with Gasteiger partial charge in [-0.3, -0.25) is 0 Å². The molecule has 0 bridgehead atoms. The number of benzene rings is 3. The van der Waals surface area contributed by atoms with Gasteiger partial charge in [0.25, 0.3) is 0 Å². The second-order valence-electron chi connectivity index (χ2n) is 11.9. The van der Waals surface area contributed by atoms with E-state index in [1.165, 1.54) is 0 Å². The minimum Gasteiger partial charge on any atom is -0.507 e. The van der Waals surface area contributed by atoms with E-state index in [-0.39, 0.29) is 23.1 Å². The third kappa shape index (κ3) is 12.1. The number of phenols is 2. The van der Waals surface area contributed by atoms with E-state index in [0.29, 0.717) is 71.9 Å². The van der Waals surface area contributed by atoms with Crippen molar-refractivity contribution in [2.75, 3.05) is 26.4 Å². The highest BCUT2D eigenvalue weighted by Crippen LogP contribution is 2.38. The fourth-order valence-corrected chi connectivity index (χ4v) is 4.75. The minimum atomic E-state index is -0.0277. The summed E-state index contributed by atoms with van der Waals surface area (Å²) in [5, 5.41) is 32.3. The van der Waals surface area contributed by atoms with Gasteiger partial charge in [-0.15, -0.1) is 10.2 Å². The van der Waals surface area contributed by atoms with E-state index in [4.69, 9.17) is 33.9 Å². The van der Waals surface area contributed by atoms with Crippen LogP contribution in [-0.2, 0) is 0 Å². The molecule has 0 amide bonds. The van der Waals surface area contributed by atoms with Crippen molar-refractivity contribution in [3.8, 4) is 68.7 Å². The second-order valence-corrected chi connectivity index (χ2v) is 11.9. The highest BCUT2D eigenvalue weighted by molar-refractivity contribution is 5.74. The van der Waals surface area contributed by atoms with E-state index in [2.05, 4.69) is 43.1 Å². The molecule has 0 saturated carbocycles. The van der Waals surface area contributed by atoms with Gasteiger partial charge in [-0.1, -0.05) is 53.4 Å². The van der Waals surface area contributed by atoms with Crippen LogP contribution in [-0.4, -0.2) is 67.0 Å². The summed E-state index contributed by atoms with van der Waals surface area (Å²) in [7, 11) is 0. The quantitative estimate of drug-likeness (QED) is 0.0787. The zero-order valence-corrected chi connectivity index (χ0v) is 30.6. The normalized spacial score (nSPS) is 10.6. The van der Waals surface area contributed by atoms with Gasteiger partial charge in [-0.2, -0.15) is 0 Å². The van der Waals surface area contributed by atoms with Crippen LogP contribution in [0.3, 0.4) is 0 Å². The van der Waals surface area contributed by atoms with Crippen molar-refractivity contribution in [1.82, 2.24) is 30.4 Å². The van der Waals surface area contributed by atoms with E-state index < -0.39 is 0 Å². The molecule has 0 fully saturated rings. The Kier molecular flexibility index (Phi) is 16.3. The maximum absolute atomic E-state index is 11.1. The summed E-state index contributed by atoms with van der Waals surface area (Å²) >= 11 is 0. The molecule has 2 aromatic heterocycles. The molecule has 3 aromatic carbocycles. The molecule has 0 unspecified atom stereocenters. The number of aromatic nitrogens is 6. The topological polar surface area (TPSA) is 155 Å². The first-order valence-electron chi connectivity index (χ1n) is 18.1. The number of unbranched alkanes of at least 4 members (excludes halogenated alkanes) is 4. The maximum atomic E-state index is 11.1. The van der Waals surface area contributed by atoms with E-state index in [1.54, 1.807) is 54.9 Å². The molecule has 12 heteroatoms. The third-order valence-corrected chi connectivity index (χ3v) is 7.71. The molecule has 52 heavy (non-hydrogen) atoms. The summed E-state index contributed by atoms with van der Waals surface area (Å²) in [5.74, 6) is 3.16. The number of hydrogen-bond acceptors (Lipinski definition) is 12. The third-order valence-electron chi connectivity index (χ3n) is 7.71. The molecule has 0 aliphatic rings. The Balaban J connectivity index is 0.000000913. The lowest BCUT2D eigenvalue weighted by Gasteiger charge is -2.15. The molecular weight excluding hydrogens is 660 g/mol. The zero-order valence-electron chi connectivity index (χ0n) is 30.6. The van der Waals surface area contributed by atoms with Crippen molar-refractivity contribution in [3.05, 3.63) is 73.1 Å². The SMILES string of the molecule is CCCCOc1ccc(-c2nc(-c3ccc(OCCCC)cc3O)nc(-c3ccc(OCCCC)cc3OCCCC)n2)c(O)c1.c1cnnnc1. The predicted octanol–water partition coefficient (Wildman–Crippen LogP) is 8.87. The molecule has 0 radical (unpaired) electrons. The van der Waals surface area contributed by atoms with Gasteiger partial charge in [0.15, 0.2) is 17.5 Å². The average Bonchev–Trinajstić information content (AvgIpc) is 3.16. The Labute approximate surface area is 306 Å². The lowest BCUT2D eigenvalue weighted by Crippen LogP contribution is -2.04. The zero-order chi connectivity index (χ0) is 37.0. The molecule has 276 valence electrons. The monoisotopic (exact) mass is 710 g/mol. The molecule has 0 spiro atoms. The van der Waals surface area contributed by atoms with Crippen LogP contribution in [0.25, 0.3) is 34.2 Å². The van der Waals surface area contributed by atoms with E-state index in [1.807, 2.05) is 18.2 Å². The second kappa shape index (κ2) is 21.6. The van der Waals surface area contributed by atoms with Gasteiger partial charge in [-0.25, -0.2) is 15.0 Å². The van der Waals surface area contributed by atoms with Crippen LogP contribution in [0.15, 0.2) is 73.1 Å². The number of ether oxygens (including phenoxy) is 4. The maximum Gasteiger partial charge on any atom is 0.167 e. The average molecular weight is 711 g/mol. The molecular formula is C40H50N6O6. The van der Waals surface area contributed by atoms with Gasteiger partial charge >= 0.3 is 0 Å². The first kappa shape index (κ1) is 39.3. The number of phenolic OH excluding ortho intramolecular Hbond substituents is 2. The Morgan fingerprint density at radius 3 is 1.23 bits per heavy atom. The summed E-state index contributed by atoms with van der Waals surface area (Å²) in [6, 6.07) is 17.5. The molecule has 5 rings (SSSR count). The summed E-state index contributed by atoms with van der Waals surface area (Å²) in [5.41, 5.74) is 1.45. The Morgan fingerprint density at radius 1 is 0.481 bits per heavy atom. The highest BCUT2D eigenvalue weighted by Gasteiger charge is 2.20. The summed E-state index contributed by atoms with van der Waals surface area (Å²) in [6.07, 6.45) is 10.9. The van der Waals surface area contributed by atoms with Gasteiger partial charge in [0.1, 0.15) is 34.5 Å². The number of rotatable bonds is 19. The van der Waals surface area contributed by atoms with Crippen LogP contribution >= 0.6 is 0 Å². The first-order chi connectivity index (χ1) is 25.5. The largest absolute Gasteiger partial charge is 0.507 e. The molecule has 0 saturated heterocycles. The van der Waals surface area contributed by atoms with Crippen LogP contribution in [0.4, 0.5) is 0 Å². The number of hydrogen-bond donors (Lipinski definition) is 2. The van der Waals surface area contributed by atoms with Crippen molar-refractivity contribution >= 4 is 0 Å². The molecule has 0 aliphatic heterocycles. The molecule has 0 atom stereocenters. The molecule has 12 nitrogen and oxygen atoms in total. The van der Waals surface area contributed by atoms with E-state index in [0.717, 1.165) is 51.4 Å². The smallest absolute Gasteiger partial charge is 0.167 e. The van der Waals surface area contributed by atoms with Gasteiger partial charge < -0.3 is 29.2 Å². The predicted molar refractivity (Wildman–Crippen MR) is 201 cm³/mol. The van der Waals surface area contributed by atoms with Crippen LogP contribution in [0.5, 0.6) is 34.5 Å². The minimum absolute atomic E-state index is 0.0277. The van der Waals surface area contributed by atoms with Gasteiger partial charge in [0.05, 0.1) is 55.5 Å². The fraction of sp³-hybridized carbons (Fsp3) is 0.400. The van der Waals surface area contributed by atoms with Crippen molar-refractivity contribution in [1.29, 1.82) is 0 Å². The fourth-order valence-electron chi connectivity index (χ4n) is 4.75. The summed E-state index contributed by atoms with van der Waals surface area (Å²) < 4.78 is 23.8. The van der Waals surface area contributed by atoms with Gasteiger partial charge in [0.2, 0.25) is 0 Å². The Morgan fingerprint density at radius 2 is 0.865 bits per heavy atom. The van der Waals surface area contributed by atoms with Crippen molar-refractivity contribution in [3.63, 3.8) is 0 Å². The first-order valence-corrected chi connectivity index (χ1v) is 18.1. The lowest BCUT2D eigenvalue weighted by atomic mass is 10.1. The van der Waals surface area contributed by atoms with E-state index >= 15 is 0 Å². The van der Waals surface area contributed by atoms with Crippen LogP contribution < -0.4 is 18.9 Å². The Hall–Kier alpha value is -5.52. The molecule has 2 heterocycles. The summed E-state index contributed by atoms with van der Waals surface area (Å²) in [4.78, 5) is 14.3. The van der Waals surface area contributed by atoms with Crippen molar-refractivity contribution in [2.45, 2.75) is 79.1 Å². The number of nitrogens with zero attached hydrogens (tertiary/aromatic N) is 6. The Bertz CT molecular complexity index is 1690. The van der Waals surface area contributed by atoms with Crippen molar-refractivity contribution < 1.29 is 29.2 Å². The standard InChI is InChI=1S/C37H47N3O6.C3H3N3/c1-5-9-19-43-26-13-16-29(32(41)23-26)35-38-36(30-17-14-27(24-33(30)42)44-20-10-6-2)40-37(39-35)31-18-15-28(45-21-11-7-3)25-34(31)46-22-12-8-4;1-2-4-6-5-3-1/h13-18,23-25,41-42H,5-12,19-22H2,1-4H3;1-3H. The van der Waals surface area contributed by atoms with Crippen LogP contribution in [0, 0.1) is 0 Å².